The Morgan fingerprint density at radius 2 is 1.79 bits per heavy atom. The largest absolute Gasteiger partial charge is 0.487 e. The number of hydrogen-bond acceptors (Lipinski definition) is 8. The number of ether oxygens (including phenoxy) is 4. The number of allylic oxidation sites excluding steroid dienone is 1. The van der Waals surface area contributed by atoms with Crippen LogP contribution in [0.4, 0.5) is 0 Å². The molecule has 0 radical (unpaired) electrons. The monoisotopic (exact) mass is 724 g/mol. The van der Waals surface area contributed by atoms with E-state index in [-0.39, 0.29) is 19.0 Å². The highest BCUT2D eigenvalue weighted by molar-refractivity contribution is 9.11. The van der Waals surface area contributed by atoms with E-state index in [1.807, 2.05) is 67.6 Å². The van der Waals surface area contributed by atoms with E-state index in [9.17, 15) is 9.59 Å². The van der Waals surface area contributed by atoms with E-state index < -0.39 is 12.0 Å². The molecule has 1 atom stereocenters. The molecule has 4 aromatic rings. The Labute approximate surface area is 268 Å². The highest BCUT2D eigenvalue weighted by Crippen LogP contribution is 2.37. The minimum atomic E-state index is -0.650. The van der Waals surface area contributed by atoms with E-state index >= 15 is 0 Å². The zero-order chi connectivity index (χ0) is 30.2. The molecule has 0 amide bonds. The number of hydrogen-bond donors (Lipinski definition) is 0. The van der Waals surface area contributed by atoms with Crippen molar-refractivity contribution in [3.63, 3.8) is 0 Å². The third kappa shape index (κ3) is 5.81. The summed E-state index contributed by atoms with van der Waals surface area (Å²) in [6.45, 7) is 6.30. The lowest BCUT2D eigenvalue weighted by atomic mass is 9.95. The molecule has 6 rings (SSSR count). The number of esters is 1. The van der Waals surface area contributed by atoms with E-state index in [1.165, 1.54) is 11.3 Å². The number of thiazole rings is 1. The summed E-state index contributed by atoms with van der Waals surface area (Å²) in [5, 5.41) is 0. The molecular formula is C32H26Br2N2O6S. The van der Waals surface area contributed by atoms with Crippen LogP contribution in [0.25, 0.3) is 6.08 Å². The zero-order valence-electron chi connectivity index (χ0n) is 23.5. The van der Waals surface area contributed by atoms with Crippen molar-refractivity contribution in [2.24, 2.45) is 4.99 Å². The Hall–Kier alpha value is -3.67. The van der Waals surface area contributed by atoms with Crippen LogP contribution in [0.1, 0.15) is 42.1 Å². The van der Waals surface area contributed by atoms with Gasteiger partial charge in [0.05, 0.1) is 37.4 Å². The molecule has 0 aliphatic carbocycles. The highest BCUT2D eigenvalue weighted by atomic mass is 79.9. The number of aryl methyl sites for hydroxylation is 1. The number of halogens is 2. The van der Waals surface area contributed by atoms with Crippen molar-refractivity contribution in [3.8, 4) is 17.2 Å². The third-order valence-corrected chi connectivity index (χ3v) is 9.21. The molecule has 1 aromatic heterocycles. The first-order chi connectivity index (χ1) is 20.7. The van der Waals surface area contributed by atoms with Crippen LogP contribution >= 0.6 is 43.2 Å². The average molecular weight is 726 g/mol. The Morgan fingerprint density at radius 3 is 2.51 bits per heavy atom. The standard InChI is InChI=1S/C32H26Br2N2O6S/c1-4-39-31(38)27-18(3)35-32-36(28(27)21-8-5-17(2)6-9-21)30(37)26(43-32)14-20-11-22(33)29(23(34)12-20)40-15-19-7-10-24-25(13-19)42-16-41-24/h5-14,28H,4,15-16H2,1-3H3/b26-14+/t28-/m0/s1. The zero-order valence-corrected chi connectivity index (χ0v) is 27.5. The van der Waals surface area contributed by atoms with Gasteiger partial charge in [-0.15, -0.1) is 0 Å². The number of benzene rings is 3. The van der Waals surface area contributed by atoms with Crippen molar-refractivity contribution in [1.29, 1.82) is 0 Å². The van der Waals surface area contributed by atoms with Crippen LogP contribution in [-0.4, -0.2) is 23.9 Å². The molecular weight excluding hydrogens is 700 g/mol. The van der Waals surface area contributed by atoms with E-state index in [2.05, 4.69) is 36.9 Å². The van der Waals surface area contributed by atoms with Gasteiger partial charge >= 0.3 is 5.97 Å². The molecule has 2 aliphatic heterocycles. The van der Waals surface area contributed by atoms with Gasteiger partial charge in [-0.25, -0.2) is 9.79 Å². The van der Waals surface area contributed by atoms with Crippen LogP contribution in [-0.2, 0) is 16.1 Å². The maximum absolute atomic E-state index is 13.9. The first kappa shape index (κ1) is 29.4. The second kappa shape index (κ2) is 12.1. The maximum Gasteiger partial charge on any atom is 0.338 e. The molecule has 11 heteroatoms. The SMILES string of the molecule is CCOC(=O)C1=C(C)N=c2s/c(=C/c3cc(Br)c(OCc4ccc5c(c4)OCO5)c(Br)c3)c(=O)n2[C@H]1c1ccc(C)cc1. The summed E-state index contributed by atoms with van der Waals surface area (Å²) in [5.74, 6) is 1.57. The van der Waals surface area contributed by atoms with Crippen LogP contribution in [0.15, 0.2) is 84.6 Å². The molecule has 0 unspecified atom stereocenters. The second-order valence-corrected chi connectivity index (χ2v) is 12.7. The fourth-order valence-electron chi connectivity index (χ4n) is 4.99. The van der Waals surface area contributed by atoms with E-state index in [0.29, 0.717) is 38.7 Å². The quantitative estimate of drug-likeness (QED) is 0.219. The molecule has 8 nitrogen and oxygen atoms in total. The summed E-state index contributed by atoms with van der Waals surface area (Å²) in [6.07, 6.45) is 1.82. The fraction of sp³-hybridized carbons (Fsp3) is 0.219. The number of fused-ring (bicyclic) bond motifs is 2. The minimum absolute atomic E-state index is 0.217. The second-order valence-electron chi connectivity index (χ2n) is 10.0. The Balaban J connectivity index is 1.35. The fourth-order valence-corrected chi connectivity index (χ4v) is 7.49. The van der Waals surface area contributed by atoms with Crippen molar-refractivity contribution >= 4 is 55.2 Å². The summed E-state index contributed by atoms with van der Waals surface area (Å²) < 4.78 is 25.9. The Kier molecular flexibility index (Phi) is 8.30. The van der Waals surface area contributed by atoms with Gasteiger partial charge in [-0.3, -0.25) is 9.36 Å². The van der Waals surface area contributed by atoms with Gasteiger partial charge in [-0.1, -0.05) is 47.2 Å². The van der Waals surface area contributed by atoms with Crippen molar-refractivity contribution in [2.45, 2.75) is 33.4 Å². The van der Waals surface area contributed by atoms with Crippen molar-refractivity contribution in [2.75, 3.05) is 13.4 Å². The van der Waals surface area contributed by atoms with Crippen LogP contribution in [0.5, 0.6) is 17.2 Å². The molecule has 0 saturated heterocycles. The first-order valence-electron chi connectivity index (χ1n) is 13.5. The molecule has 0 spiro atoms. The number of carbonyl (C=O) groups excluding carboxylic acids is 1. The van der Waals surface area contributed by atoms with Gasteiger partial charge in [0.2, 0.25) is 6.79 Å². The molecule has 3 aromatic carbocycles. The smallest absolute Gasteiger partial charge is 0.338 e. The van der Waals surface area contributed by atoms with Crippen molar-refractivity contribution in [3.05, 3.63) is 117 Å². The van der Waals surface area contributed by atoms with Crippen LogP contribution in [0, 0.1) is 6.92 Å². The van der Waals surface area contributed by atoms with Gasteiger partial charge in [0.1, 0.15) is 12.4 Å². The van der Waals surface area contributed by atoms with Gasteiger partial charge in [0.15, 0.2) is 16.3 Å². The van der Waals surface area contributed by atoms with E-state index in [4.69, 9.17) is 18.9 Å². The lowest BCUT2D eigenvalue weighted by molar-refractivity contribution is -0.139. The predicted molar refractivity (Wildman–Crippen MR) is 170 cm³/mol. The highest BCUT2D eigenvalue weighted by Gasteiger charge is 2.33. The van der Waals surface area contributed by atoms with Gasteiger partial charge in [0, 0.05) is 0 Å². The lowest BCUT2D eigenvalue weighted by Crippen LogP contribution is -2.39. The van der Waals surface area contributed by atoms with Gasteiger partial charge in [-0.2, -0.15) is 0 Å². The normalized spacial score (nSPS) is 15.7. The molecule has 220 valence electrons. The summed E-state index contributed by atoms with van der Waals surface area (Å²) in [7, 11) is 0. The number of aromatic nitrogens is 1. The Morgan fingerprint density at radius 1 is 1.07 bits per heavy atom. The molecule has 0 N–H and O–H groups in total. The molecule has 2 aliphatic rings. The first-order valence-corrected chi connectivity index (χ1v) is 15.9. The molecule has 3 heterocycles. The van der Waals surface area contributed by atoms with Crippen LogP contribution in [0.3, 0.4) is 0 Å². The summed E-state index contributed by atoms with van der Waals surface area (Å²) in [5.41, 5.74) is 4.27. The number of rotatable bonds is 7. The summed E-state index contributed by atoms with van der Waals surface area (Å²) in [4.78, 5) is 32.2. The number of carbonyl (C=O) groups is 1. The van der Waals surface area contributed by atoms with Crippen LogP contribution in [0.2, 0.25) is 0 Å². The molecule has 43 heavy (non-hydrogen) atoms. The van der Waals surface area contributed by atoms with E-state index in [1.54, 1.807) is 18.4 Å². The number of nitrogens with zero attached hydrogens (tertiary/aromatic N) is 2. The van der Waals surface area contributed by atoms with E-state index in [0.717, 1.165) is 36.9 Å². The molecule has 0 bridgehead atoms. The molecule has 0 saturated carbocycles. The minimum Gasteiger partial charge on any atom is -0.487 e. The summed E-state index contributed by atoms with van der Waals surface area (Å²) >= 11 is 8.53. The van der Waals surface area contributed by atoms with Crippen LogP contribution < -0.4 is 29.1 Å². The van der Waals surface area contributed by atoms with Crippen molar-refractivity contribution < 1.29 is 23.7 Å². The topological polar surface area (TPSA) is 88.4 Å². The van der Waals surface area contributed by atoms with Crippen molar-refractivity contribution in [1.82, 2.24) is 4.57 Å². The average Bonchev–Trinajstić information content (AvgIpc) is 3.56. The van der Waals surface area contributed by atoms with Gasteiger partial charge in [0.25, 0.3) is 5.56 Å². The molecule has 0 fully saturated rings. The lowest BCUT2D eigenvalue weighted by Gasteiger charge is -2.24. The third-order valence-electron chi connectivity index (χ3n) is 7.05. The Bertz CT molecular complexity index is 1940. The maximum atomic E-state index is 13.9. The predicted octanol–water partition coefficient (Wildman–Crippen LogP) is 5.94. The van der Waals surface area contributed by atoms with Gasteiger partial charge in [-0.05, 0) is 99.7 Å². The van der Waals surface area contributed by atoms with Gasteiger partial charge < -0.3 is 18.9 Å². The summed E-state index contributed by atoms with van der Waals surface area (Å²) in [6, 6.07) is 16.6.